The minimum Gasteiger partial charge on any atom is -0.506 e. The number of fused-ring (bicyclic) bond motifs is 1. The first-order valence-corrected chi connectivity index (χ1v) is 10.7. The molecule has 0 aliphatic heterocycles. The SMILES string of the molecule is COCC(C)(C)c1c(-c2ccc(C(=O)O)cc2)c2cc(O)c(Cl)cc2n1-c1ccc(F)cc1. The molecule has 0 unspecified atom stereocenters. The summed E-state index contributed by atoms with van der Waals surface area (Å²) in [6.07, 6.45) is 0. The van der Waals surface area contributed by atoms with Gasteiger partial charge in [-0.1, -0.05) is 37.6 Å². The predicted molar refractivity (Wildman–Crippen MR) is 127 cm³/mol. The second-order valence-electron chi connectivity index (χ2n) is 8.56. The normalized spacial score (nSPS) is 11.8. The highest BCUT2D eigenvalue weighted by Crippen LogP contribution is 2.45. The van der Waals surface area contributed by atoms with Crippen LogP contribution >= 0.6 is 11.6 Å². The van der Waals surface area contributed by atoms with Gasteiger partial charge in [0.1, 0.15) is 11.6 Å². The average molecular weight is 468 g/mol. The van der Waals surface area contributed by atoms with E-state index in [1.807, 2.05) is 18.4 Å². The van der Waals surface area contributed by atoms with Crippen LogP contribution in [0.15, 0.2) is 60.7 Å². The highest BCUT2D eigenvalue weighted by molar-refractivity contribution is 6.33. The fourth-order valence-electron chi connectivity index (χ4n) is 4.30. The van der Waals surface area contributed by atoms with Gasteiger partial charge in [0, 0.05) is 34.9 Å². The topological polar surface area (TPSA) is 71.7 Å². The summed E-state index contributed by atoms with van der Waals surface area (Å²) in [7, 11) is 1.62. The quantitative estimate of drug-likeness (QED) is 0.343. The zero-order valence-corrected chi connectivity index (χ0v) is 19.2. The van der Waals surface area contributed by atoms with Gasteiger partial charge < -0.3 is 19.5 Å². The summed E-state index contributed by atoms with van der Waals surface area (Å²) in [6, 6.07) is 16.0. The molecule has 5 nitrogen and oxygen atoms in total. The van der Waals surface area contributed by atoms with E-state index < -0.39 is 11.4 Å². The van der Waals surface area contributed by atoms with Gasteiger partial charge in [-0.25, -0.2) is 9.18 Å². The number of hydrogen-bond acceptors (Lipinski definition) is 3. The summed E-state index contributed by atoms with van der Waals surface area (Å²) in [5.74, 6) is -1.44. The summed E-state index contributed by atoms with van der Waals surface area (Å²) in [5, 5.41) is 20.7. The first-order valence-electron chi connectivity index (χ1n) is 10.3. The molecule has 0 radical (unpaired) electrons. The number of rotatable bonds is 6. The molecule has 0 bridgehead atoms. The fourth-order valence-corrected chi connectivity index (χ4v) is 4.45. The van der Waals surface area contributed by atoms with Gasteiger partial charge in [0.15, 0.2) is 0 Å². The zero-order chi connectivity index (χ0) is 23.9. The number of benzene rings is 3. The van der Waals surface area contributed by atoms with Gasteiger partial charge in [0.25, 0.3) is 0 Å². The maximum Gasteiger partial charge on any atom is 0.335 e. The Balaban J connectivity index is 2.16. The number of halogens is 2. The number of phenolic OH excluding ortho intramolecular Hbond substituents is 1. The maximum atomic E-state index is 13.7. The number of carbonyl (C=O) groups is 1. The van der Waals surface area contributed by atoms with Crippen LogP contribution in [-0.4, -0.2) is 34.5 Å². The molecule has 4 aromatic rings. The minimum absolute atomic E-state index is 0.0695. The maximum absolute atomic E-state index is 13.7. The first-order chi connectivity index (χ1) is 15.6. The van der Waals surface area contributed by atoms with Gasteiger partial charge >= 0.3 is 5.97 Å². The van der Waals surface area contributed by atoms with E-state index in [1.54, 1.807) is 55.6 Å². The molecule has 0 aliphatic rings. The van der Waals surface area contributed by atoms with Crippen molar-refractivity contribution in [3.8, 4) is 22.6 Å². The van der Waals surface area contributed by atoms with Crippen molar-refractivity contribution in [2.24, 2.45) is 0 Å². The highest BCUT2D eigenvalue weighted by Gasteiger charge is 2.32. The summed E-state index contributed by atoms with van der Waals surface area (Å²) >= 11 is 6.30. The van der Waals surface area contributed by atoms with E-state index in [0.29, 0.717) is 6.61 Å². The van der Waals surface area contributed by atoms with E-state index in [4.69, 9.17) is 16.3 Å². The number of phenols is 1. The number of aromatic nitrogens is 1. The van der Waals surface area contributed by atoms with Crippen molar-refractivity contribution in [2.45, 2.75) is 19.3 Å². The summed E-state index contributed by atoms with van der Waals surface area (Å²) in [4.78, 5) is 11.4. The lowest BCUT2D eigenvalue weighted by molar-refractivity contribution is 0.0697. The zero-order valence-electron chi connectivity index (χ0n) is 18.4. The third-order valence-electron chi connectivity index (χ3n) is 5.69. The molecule has 4 rings (SSSR count). The lowest BCUT2D eigenvalue weighted by Gasteiger charge is -2.28. The predicted octanol–water partition coefficient (Wildman–Crippen LogP) is 6.42. The number of methoxy groups -OCH3 is 1. The lowest BCUT2D eigenvalue weighted by Crippen LogP contribution is -2.27. The molecule has 0 atom stereocenters. The van der Waals surface area contributed by atoms with Crippen molar-refractivity contribution in [1.82, 2.24) is 4.57 Å². The van der Waals surface area contributed by atoms with Crippen LogP contribution in [0.3, 0.4) is 0 Å². The van der Waals surface area contributed by atoms with Crippen molar-refractivity contribution >= 4 is 28.5 Å². The molecule has 0 aliphatic carbocycles. The van der Waals surface area contributed by atoms with Gasteiger partial charge in [-0.3, -0.25) is 0 Å². The number of carboxylic acids is 1. The average Bonchev–Trinajstić information content (AvgIpc) is 3.09. The Hall–Kier alpha value is -3.35. The van der Waals surface area contributed by atoms with Crippen LogP contribution in [0.25, 0.3) is 27.7 Å². The van der Waals surface area contributed by atoms with Gasteiger partial charge in [-0.2, -0.15) is 0 Å². The Morgan fingerprint density at radius 3 is 2.30 bits per heavy atom. The van der Waals surface area contributed by atoms with Crippen molar-refractivity contribution in [3.05, 3.63) is 82.8 Å². The van der Waals surface area contributed by atoms with E-state index in [0.717, 1.165) is 33.4 Å². The van der Waals surface area contributed by atoms with Crippen LogP contribution in [0.4, 0.5) is 4.39 Å². The van der Waals surface area contributed by atoms with Crippen molar-refractivity contribution in [1.29, 1.82) is 0 Å². The van der Waals surface area contributed by atoms with E-state index in [1.165, 1.54) is 12.1 Å². The number of hydrogen-bond donors (Lipinski definition) is 2. The number of nitrogens with zero attached hydrogens (tertiary/aromatic N) is 1. The number of aromatic hydroxyl groups is 1. The molecule has 2 N–H and O–H groups in total. The summed E-state index contributed by atoms with van der Waals surface area (Å²) < 4.78 is 21.2. The van der Waals surface area contributed by atoms with Gasteiger partial charge in [-0.05, 0) is 54.1 Å². The second kappa shape index (κ2) is 8.54. The molecule has 3 aromatic carbocycles. The largest absolute Gasteiger partial charge is 0.506 e. The molecule has 0 fully saturated rings. The van der Waals surface area contributed by atoms with Crippen molar-refractivity contribution in [2.75, 3.05) is 13.7 Å². The van der Waals surface area contributed by atoms with Gasteiger partial charge in [0.2, 0.25) is 0 Å². The number of carboxylic acid groups (broad SMARTS) is 1. The molecule has 33 heavy (non-hydrogen) atoms. The van der Waals surface area contributed by atoms with Crippen molar-refractivity contribution < 1.29 is 24.1 Å². The van der Waals surface area contributed by atoms with Crippen LogP contribution in [0.5, 0.6) is 5.75 Å². The number of ether oxygens (including phenoxy) is 1. The monoisotopic (exact) mass is 467 g/mol. The third kappa shape index (κ3) is 4.08. The smallest absolute Gasteiger partial charge is 0.335 e. The van der Waals surface area contributed by atoms with Crippen molar-refractivity contribution in [3.63, 3.8) is 0 Å². The van der Waals surface area contributed by atoms with Crippen LogP contribution in [0.1, 0.15) is 29.9 Å². The Morgan fingerprint density at radius 1 is 1.09 bits per heavy atom. The van der Waals surface area contributed by atoms with Gasteiger partial charge in [0.05, 0.1) is 22.7 Å². The minimum atomic E-state index is -1.01. The van der Waals surface area contributed by atoms with E-state index >= 15 is 0 Å². The lowest BCUT2D eigenvalue weighted by atomic mass is 9.84. The Bertz CT molecular complexity index is 1340. The first kappa shape index (κ1) is 22.8. The molecule has 1 aromatic heterocycles. The van der Waals surface area contributed by atoms with E-state index in [-0.39, 0.29) is 22.2 Å². The van der Waals surface area contributed by atoms with Crippen LogP contribution in [-0.2, 0) is 10.2 Å². The Morgan fingerprint density at radius 2 is 1.73 bits per heavy atom. The summed E-state index contributed by atoms with van der Waals surface area (Å²) in [5.41, 5.74) is 3.52. The molecule has 1 heterocycles. The summed E-state index contributed by atoms with van der Waals surface area (Å²) in [6.45, 7) is 4.44. The molecule has 0 saturated carbocycles. The molecule has 0 spiro atoms. The Labute approximate surface area is 195 Å². The molecular formula is C26H23ClFNO4. The van der Waals surface area contributed by atoms with Crippen LogP contribution < -0.4 is 0 Å². The molecule has 0 amide bonds. The van der Waals surface area contributed by atoms with E-state index in [9.17, 15) is 19.4 Å². The standard InChI is InChI=1S/C26H23ClFNO4/c1-26(2,14-33-3)24-23(15-4-6-16(7-5-15)25(31)32)19-12-22(30)20(27)13-21(19)29(24)18-10-8-17(28)9-11-18/h4-13,30H,14H2,1-3H3,(H,31,32). The van der Waals surface area contributed by atoms with Crippen LogP contribution in [0.2, 0.25) is 5.02 Å². The Kier molecular flexibility index (Phi) is 5.91. The fraction of sp³-hybridized carbons (Fsp3) is 0.192. The molecule has 170 valence electrons. The van der Waals surface area contributed by atoms with E-state index in [2.05, 4.69) is 0 Å². The molecule has 7 heteroatoms. The van der Waals surface area contributed by atoms with Crippen LogP contribution in [0, 0.1) is 5.82 Å². The highest BCUT2D eigenvalue weighted by atomic mass is 35.5. The third-order valence-corrected chi connectivity index (χ3v) is 5.99. The second-order valence-corrected chi connectivity index (χ2v) is 8.96. The molecular weight excluding hydrogens is 445 g/mol. The molecule has 0 saturated heterocycles. The van der Waals surface area contributed by atoms with Gasteiger partial charge in [-0.15, -0.1) is 0 Å². The number of aromatic carboxylic acids is 1.